The molecule has 0 saturated heterocycles. The predicted octanol–water partition coefficient (Wildman–Crippen LogP) is 8.13. The summed E-state index contributed by atoms with van der Waals surface area (Å²) in [6.45, 7) is 13.3. The Hall–Kier alpha value is -4.39. The van der Waals surface area contributed by atoms with Crippen LogP contribution in [0.1, 0.15) is 96.1 Å². The molecule has 3 aliphatic rings. The van der Waals surface area contributed by atoms with Crippen LogP contribution in [0.5, 0.6) is 11.5 Å². The molecule has 0 aromatic heterocycles. The van der Waals surface area contributed by atoms with E-state index in [1.807, 2.05) is 70.2 Å². The highest BCUT2D eigenvalue weighted by Crippen LogP contribution is 2.62. The van der Waals surface area contributed by atoms with Gasteiger partial charge in [-0.15, -0.1) is 6.58 Å². The molecule has 12 nitrogen and oxygen atoms in total. The number of allylic oxidation sites excluding steroid dienone is 1. The molecule has 0 unspecified atom stereocenters. The number of carbonyl (C=O) groups is 2. The number of unbranched alkanes of at least 4 members (excludes halogenated alkanes) is 2. The Morgan fingerprint density at radius 1 is 1.07 bits per heavy atom. The first kappa shape index (κ1) is 43.7. The molecule has 5 rings (SSSR count). The van der Waals surface area contributed by atoms with Crippen LogP contribution in [0.2, 0.25) is 0 Å². The van der Waals surface area contributed by atoms with Crippen LogP contribution in [-0.4, -0.2) is 84.9 Å². The molecule has 2 amide bonds. The van der Waals surface area contributed by atoms with Gasteiger partial charge in [0.25, 0.3) is 0 Å². The zero-order valence-electron chi connectivity index (χ0n) is 34.4. The molecule has 1 aliphatic heterocycles. The molecule has 1 fully saturated rings. The van der Waals surface area contributed by atoms with Crippen molar-refractivity contribution in [2.45, 2.75) is 103 Å². The van der Waals surface area contributed by atoms with Gasteiger partial charge in [0, 0.05) is 44.2 Å². The lowest BCUT2D eigenvalue weighted by Gasteiger charge is -2.59. The lowest BCUT2D eigenvalue weighted by molar-refractivity contribution is -0.255. The van der Waals surface area contributed by atoms with Crippen molar-refractivity contribution < 1.29 is 43.6 Å². The van der Waals surface area contributed by atoms with Crippen LogP contribution >= 0.6 is 0 Å². The molecule has 0 bridgehead atoms. The van der Waals surface area contributed by atoms with Gasteiger partial charge in [0.15, 0.2) is 0 Å². The molecule has 2 aromatic rings. The number of oxime groups is 1. The molecular weight excluding hydrogens is 727 g/mol. The summed E-state index contributed by atoms with van der Waals surface area (Å²) in [5, 5.41) is 27.1. The summed E-state index contributed by atoms with van der Waals surface area (Å²) in [6.07, 6.45) is 8.37. The standard InChI is InChI=1S/C45H63N3O9/c1-7-22-48(43(52)54-30-44(3,4)5)39-28-37(47-53-6)35-26-32(18-12-14-23-49)34(19-13-15-24-50)40-36-27-33(56-42(51)46-29-31-16-10-9-11-17-31)20-21-38(36)57-45(39,41(35)40)55-25-8-2/h8-11,16-17,20-21,26-27,32,34,39-41,49-50H,2,7,12-15,18-19,22-25,28-30H2,1,3-6H3,(H,46,51)/t32-,34+,39-,40+,41+,45+/m0/s1. The topological polar surface area (TPSA) is 148 Å². The van der Waals surface area contributed by atoms with Gasteiger partial charge in [-0.05, 0) is 78.7 Å². The van der Waals surface area contributed by atoms with Crippen LogP contribution in [-0.2, 0) is 20.9 Å². The van der Waals surface area contributed by atoms with Gasteiger partial charge in [-0.25, -0.2) is 9.59 Å². The SMILES string of the molecule is C=CCO[C@@]12Oc3ccc(OC(=O)NCc4ccccc4)cc3[C@H]3[C@H](CCCCO)[C@@H](CCCCO)C=C(C(=NOC)C[C@@H]1N(CCC)C(=O)OCC(C)(C)C)[C@H]32. The molecule has 1 heterocycles. The highest BCUT2D eigenvalue weighted by Gasteiger charge is 2.65. The third-order valence-corrected chi connectivity index (χ3v) is 11.0. The summed E-state index contributed by atoms with van der Waals surface area (Å²) in [4.78, 5) is 34.7. The third-order valence-electron chi connectivity index (χ3n) is 11.0. The van der Waals surface area contributed by atoms with Crippen molar-refractivity contribution in [1.29, 1.82) is 0 Å². The number of hydrogen-bond acceptors (Lipinski definition) is 10. The highest BCUT2D eigenvalue weighted by molar-refractivity contribution is 6.03. The Labute approximate surface area is 338 Å². The van der Waals surface area contributed by atoms with E-state index in [1.54, 1.807) is 17.0 Å². The molecule has 312 valence electrons. The van der Waals surface area contributed by atoms with Gasteiger partial charge >= 0.3 is 12.2 Å². The lowest BCUT2D eigenvalue weighted by Crippen LogP contribution is -2.70. The fourth-order valence-corrected chi connectivity index (χ4v) is 8.71. The number of hydrogen-bond donors (Lipinski definition) is 3. The molecule has 2 aromatic carbocycles. The Morgan fingerprint density at radius 3 is 2.47 bits per heavy atom. The summed E-state index contributed by atoms with van der Waals surface area (Å²) in [7, 11) is 1.52. The summed E-state index contributed by atoms with van der Waals surface area (Å²) in [6, 6.07) is 14.4. The number of amides is 2. The van der Waals surface area contributed by atoms with E-state index in [-0.39, 0.29) is 56.0 Å². The number of aliphatic hydroxyl groups excluding tert-OH is 2. The summed E-state index contributed by atoms with van der Waals surface area (Å²) in [5.74, 6) is -1.13. The Kier molecular flexibility index (Phi) is 15.6. The highest BCUT2D eigenvalue weighted by atomic mass is 16.7. The van der Waals surface area contributed by atoms with Crippen LogP contribution in [0.3, 0.4) is 0 Å². The van der Waals surface area contributed by atoms with Crippen molar-refractivity contribution in [2.24, 2.45) is 28.3 Å². The van der Waals surface area contributed by atoms with E-state index >= 15 is 0 Å². The molecule has 12 heteroatoms. The van der Waals surface area contributed by atoms with Gasteiger partial charge in [0.05, 0.1) is 24.8 Å². The smallest absolute Gasteiger partial charge is 0.412 e. The van der Waals surface area contributed by atoms with Crippen LogP contribution in [0, 0.1) is 23.2 Å². The van der Waals surface area contributed by atoms with E-state index in [4.69, 9.17) is 23.8 Å². The second-order valence-electron chi connectivity index (χ2n) is 16.5. The van der Waals surface area contributed by atoms with E-state index in [9.17, 15) is 19.8 Å². The van der Waals surface area contributed by atoms with E-state index < -0.39 is 29.9 Å². The lowest BCUT2D eigenvalue weighted by atomic mass is 9.55. The zero-order valence-corrected chi connectivity index (χ0v) is 34.4. The maximum atomic E-state index is 14.2. The first-order valence-electron chi connectivity index (χ1n) is 20.5. The van der Waals surface area contributed by atoms with Crippen LogP contribution in [0.15, 0.2) is 78.0 Å². The average Bonchev–Trinajstić information content (AvgIpc) is 3.19. The van der Waals surface area contributed by atoms with Crippen molar-refractivity contribution in [3.05, 3.63) is 84.0 Å². The van der Waals surface area contributed by atoms with Crippen molar-refractivity contribution in [1.82, 2.24) is 10.2 Å². The largest absolute Gasteiger partial charge is 0.459 e. The number of fused-ring (bicyclic) bond motifs is 2. The van der Waals surface area contributed by atoms with Gasteiger partial charge in [0.2, 0.25) is 5.79 Å². The molecule has 0 spiro atoms. The second kappa shape index (κ2) is 20.3. The number of carbonyl (C=O) groups excluding carboxylic acids is 2. The molecule has 6 atom stereocenters. The van der Waals surface area contributed by atoms with E-state index in [1.165, 1.54) is 7.11 Å². The Bertz CT molecular complexity index is 1710. The Morgan fingerprint density at radius 2 is 1.81 bits per heavy atom. The normalized spacial score (nSPS) is 24.3. The monoisotopic (exact) mass is 789 g/mol. The number of nitrogens with one attached hydrogen (secondary N) is 1. The van der Waals surface area contributed by atoms with Gasteiger partial charge < -0.3 is 39.3 Å². The Balaban J connectivity index is 1.68. The third kappa shape index (κ3) is 10.6. The quantitative estimate of drug-likeness (QED) is 0.0729. The zero-order chi connectivity index (χ0) is 41.0. The fraction of sp³-hybridized carbons (Fsp3) is 0.578. The van der Waals surface area contributed by atoms with E-state index in [2.05, 4.69) is 23.1 Å². The summed E-state index contributed by atoms with van der Waals surface area (Å²) in [5.41, 5.74) is 3.17. The number of rotatable bonds is 19. The number of ether oxygens (including phenoxy) is 4. The molecule has 2 aliphatic carbocycles. The van der Waals surface area contributed by atoms with Crippen molar-refractivity contribution in [3.63, 3.8) is 0 Å². The number of aliphatic hydroxyl groups is 2. The van der Waals surface area contributed by atoms with Crippen LogP contribution in [0.4, 0.5) is 9.59 Å². The molecule has 0 radical (unpaired) electrons. The van der Waals surface area contributed by atoms with Gasteiger partial charge in [-0.2, -0.15) is 0 Å². The maximum Gasteiger partial charge on any atom is 0.412 e. The maximum absolute atomic E-state index is 14.2. The minimum atomic E-state index is -1.40. The molecule has 1 saturated carbocycles. The second-order valence-corrected chi connectivity index (χ2v) is 16.5. The van der Waals surface area contributed by atoms with E-state index in [0.717, 1.165) is 42.4 Å². The van der Waals surface area contributed by atoms with Crippen LogP contribution < -0.4 is 14.8 Å². The number of nitrogens with zero attached hydrogens (tertiary/aromatic N) is 2. The van der Waals surface area contributed by atoms with Crippen molar-refractivity contribution in [3.8, 4) is 11.5 Å². The average molecular weight is 790 g/mol. The summed E-state index contributed by atoms with van der Waals surface area (Å²) >= 11 is 0. The predicted molar refractivity (Wildman–Crippen MR) is 219 cm³/mol. The minimum absolute atomic E-state index is 0.0236. The van der Waals surface area contributed by atoms with Crippen molar-refractivity contribution >= 4 is 17.9 Å². The minimum Gasteiger partial charge on any atom is -0.459 e. The molecule has 3 N–H and O–H groups in total. The van der Waals surface area contributed by atoms with E-state index in [0.29, 0.717) is 49.6 Å². The van der Waals surface area contributed by atoms with Gasteiger partial charge in [-0.1, -0.05) is 88.2 Å². The fourth-order valence-electron chi connectivity index (χ4n) is 8.71. The molecular formula is C45H63N3O9. The van der Waals surface area contributed by atoms with Gasteiger partial charge in [0.1, 0.15) is 24.7 Å². The van der Waals surface area contributed by atoms with Crippen LogP contribution in [0.25, 0.3) is 0 Å². The first-order valence-corrected chi connectivity index (χ1v) is 20.5. The molecule has 57 heavy (non-hydrogen) atoms. The summed E-state index contributed by atoms with van der Waals surface area (Å²) < 4.78 is 26.1. The first-order chi connectivity index (χ1) is 27.5. The van der Waals surface area contributed by atoms with Crippen molar-refractivity contribution in [2.75, 3.05) is 40.1 Å². The number of benzene rings is 2. The van der Waals surface area contributed by atoms with Gasteiger partial charge in [-0.3, -0.25) is 4.90 Å².